The molecule has 0 spiro atoms. The summed E-state index contributed by atoms with van der Waals surface area (Å²) in [5, 5.41) is 0. The first-order chi connectivity index (χ1) is 4.86. The van der Waals surface area contributed by atoms with Crippen molar-refractivity contribution in [3.05, 3.63) is 11.6 Å². The van der Waals surface area contributed by atoms with Gasteiger partial charge in [-0.1, -0.05) is 5.57 Å². The lowest BCUT2D eigenvalue weighted by Crippen LogP contribution is -2.04. The topological polar surface area (TPSA) is 12.4 Å². The summed E-state index contributed by atoms with van der Waals surface area (Å²) < 4.78 is 0. The summed E-state index contributed by atoms with van der Waals surface area (Å²) in [6, 6.07) is 0. The third kappa shape index (κ3) is 1.13. The number of hydrogen-bond acceptors (Lipinski definition) is 1. The molecule has 0 aromatic carbocycles. The zero-order valence-electron chi connectivity index (χ0n) is 6.43. The second kappa shape index (κ2) is 2.22. The quantitative estimate of drug-likeness (QED) is 0.522. The van der Waals surface area contributed by atoms with Gasteiger partial charge in [0.05, 0.1) is 0 Å². The zero-order valence-corrected chi connectivity index (χ0v) is 6.43. The highest BCUT2D eigenvalue weighted by Gasteiger charge is 2.26. The number of dihydropyridines is 1. The van der Waals surface area contributed by atoms with E-state index in [-0.39, 0.29) is 0 Å². The number of rotatable bonds is 1. The van der Waals surface area contributed by atoms with Crippen LogP contribution in [0.2, 0.25) is 0 Å². The molecular weight excluding hydrogens is 122 g/mol. The van der Waals surface area contributed by atoms with Crippen LogP contribution in [-0.2, 0) is 0 Å². The Kier molecular flexibility index (Phi) is 1.37. The average molecular weight is 135 g/mol. The van der Waals surface area contributed by atoms with Crippen LogP contribution in [0.25, 0.3) is 0 Å². The maximum atomic E-state index is 4.48. The lowest BCUT2D eigenvalue weighted by atomic mass is 10.1. The van der Waals surface area contributed by atoms with Crippen LogP contribution >= 0.6 is 0 Å². The van der Waals surface area contributed by atoms with Gasteiger partial charge in [-0.3, -0.25) is 4.99 Å². The molecule has 0 N–H and O–H groups in total. The highest BCUT2D eigenvalue weighted by molar-refractivity contribution is 5.99. The summed E-state index contributed by atoms with van der Waals surface area (Å²) >= 11 is 0. The molecule has 0 aromatic heterocycles. The van der Waals surface area contributed by atoms with E-state index in [1.54, 1.807) is 0 Å². The van der Waals surface area contributed by atoms with Crippen molar-refractivity contribution < 1.29 is 0 Å². The van der Waals surface area contributed by atoms with Gasteiger partial charge in [0.2, 0.25) is 0 Å². The van der Waals surface area contributed by atoms with E-state index in [1.807, 2.05) is 0 Å². The summed E-state index contributed by atoms with van der Waals surface area (Å²) in [5.41, 5.74) is 2.89. The van der Waals surface area contributed by atoms with Gasteiger partial charge in [-0.2, -0.15) is 0 Å². The van der Waals surface area contributed by atoms with Crippen LogP contribution in [0, 0.1) is 5.92 Å². The maximum Gasteiger partial charge on any atom is 0.0429 e. The Morgan fingerprint density at radius 3 is 2.90 bits per heavy atom. The van der Waals surface area contributed by atoms with E-state index < -0.39 is 0 Å². The number of aliphatic imine (C=N–C) groups is 1. The van der Waals surface area contributed by atoms with Crippen LogP contribution in [-0.4, -0.2) is 12.3 Å². The summed E-state index contributed by atoms with van der Waals surface area (Å²) in [6.07, 6.45) is 6.21. The van der Waals surface area contributed by atoms with E-state index in [4.69, 9.17) is 0 Å². The molecule has 0 radical (unpaired) electrons. The average Bonchev–Trinajstić information content (AvgIpc) is 2.68. The molecule has 0 atom stereocenters. The van der Waals surface area contributed by atoms with Crippen LogP contribution in [0.3, 0.4) is 0 Å². The first kappa shape index (κ1) is 6.14. The van der Waals surface area contributed by atoms with Crippen molar-refractivity contribution in [2.45, 2.75) is 26.2 Å². The molecule has 1 aliphatic heterocycles. The van der Waals surface area contributed by atoms with Crippen molar-refractivity contribution in [1.29, 1.82) is 0 Å². The van der Waals surface area contributed by atoms with Gasteiger partial charge in [0, 0.05) is 18.2 Å². The molecule has 0 unspecified atom stereocenters. The van der Waals surface area contributed by atoms with Crippen molar-refractivity contribution in [2.24, 2.45) is 10.9 Å². The lowest BCUT2D eigenvalue weighted by molar-refractivity contribution is 0.918. The molecule has 0 saturated heterocycles. The largest absolute Gasteiger partial charge is 0.289 e. The minimum Gasteiger partial charge on any atom is -0.289 e. The molecule has 1 aliphatic carbocycles. The normalized spacial score (nSPS) is 25.7. The predicted molar refractivity (Wildman–Crippen MR) is 43.4 cm³/mol. The second-order valence-corrected chi connectivity index (χ2v) is 3.32. The van der Waals surface area contributed by atoms with E-state index in [2.05, 4.69) is 18.0 Å². The van der Waals surface area contributed by atoms with Crippen molar-refractivity contribution in [2.75, 3.05) is 6.54 Å². The Morgan fingerprint density at radius 1 is 1.50 bits per heavy atom. The number of allylic oxidation sites excluding steroid dienone is 1. The third-order valence-corrected chi connectivity index (χ3v) is 2.19. The summed E-state index contributed by atoms with van der Waals surface area (Å²) in [6.45, 7) is 3.24. The molecule has 54 valence electrons. The first-order valence-corrected chi connectivity index (χ1v) is 4.08. The highest BCUT2D eigenvalue weighted by atomic mass is 14.8. The van der Waals surface area contributed by atoms with E-state index in [0.29, 0.717) is 0 Å². The van der Waals surface area contributed by atoms with E-state index in [1.165, 1.54) is 30.5 Å². The molecule has 1 heterocycles. The minimum absolute atomic E-state index is 0.843. The van der Waals surface area contributed by atoms with Crippen LogP contribution in [0.1, 0.15) is 26.2 Å². The van der Waals surface area contributed by atoms with Gasteiger partial charge in [0.25, 0.3) is 0 Å². The number of hydrogen-bond donors (Lipinski definition) is 0. The van der Waals surface area contributed by atoms with Gasteiger partial charge < -0.3 is 0 Å². The van der Waals surface area contributed by atoms with Crippen LogP contribution < -0.4 is 0 Å². The number of nitrogens with zero attached hydrogens (tertiary/aromatic N) is 1. The molecular formula is C9H13N. The molecule has 0 aromatic rings. The molecule has 0 amide bonds. The third-order valence-electron chi connectivity index (χ3n) is 2.19. The second-order valence-electron chi connectivity index (χ2n) is 3.32. The summed E-state index contributed by atoms with van der Waals surface area (Å²) in [4.78, 5) is 4.48. The minimum atomic E-state index is 0.843. The lowest BCUT2D eigenvalue weighted by Gasteiger charge is -2.07. The van der Waals surface area contributed by atoms with Crippen molar-refractivity contribution in [1.82, 2.24) is 0 Å². The SMILES string of the molecule is CC1=CC(C2CC2)=NCC1. The fourth-order valence-corrected chi connectivity index (χ4v) is 1.36. The Balaban J connectivity index is 2.12. The molecule has 1 nitrogen and oxygen atoms in total. The molecule has 1 heteroatoms. The van der Waals surface area contributed by atoms with Crippen molar-refractivity contribution >= 4 is 5.71 Å². The van der Waals surface area contributed by atoms with Crippen LogP contribution in [0.4, 0.5) is 0 Å². The molecule has 2 rings (SSSR count). The fourth-order valence-electron chi connectivity index (χ4n) is 1.36. The molecule has 2 aliphatic rings. The van der Waals surface area contributed by atoms with Crippen molar-refractivity contribution in [3.8, 4) is 0 Å². The van der Waals surface area contributed by atoms with Crippen molar-refractivity contribution in [3.63, 3.8) is 0 Å². The Morgan fingerprint density at radius 2 is 2.30 bits per heavy atom. The van der Waals surface area contributed by atoms with Gasteiger partial charge in [0.15, 0.2) is 0 Å². The molecule has 10 heavy (non-hydrogen) atoms. The monoisotopic (exact) mass is 135 g/mol. The summed E-state index contributed by atoms with van der Waals surface area (Å²) in [5.74, 6) is 0.843. The van der Waals surface area contributed by atoms with Gasteiger partial charge >= 0.3 is 0 Å². The predicted octanol–water partition coefficient (Wildman–Crippen LogP) is 2.19. The Hall–Kier alpha value is -0.590. The van der Waals surface area contributed by atoms with Crippen LogP contribution in [0.15, 0.2) is 16.6 Å². The van der Waals surface area contributed by atoms with E-state index in [9.17, 15) is 0 Å². The van der Waals surface area contributed by atoms with E-state index >= 15 is 0 Å². The Bertz CT molecular complexity index is 197. The fraction of sp³-hybridized carbons (Fsp3) is 0.667. The zero-order chi connectivity index (χ0) is 6.97. The summed E-state index contributed by atoms with van der Waals surface area (Å²) in [7, 11) is 0. The highest BCUT2D eigenvalue weighted by Crippen LogP contribution is 2.32. The molecule has 1 fully saturated rings. The van der Waals surface area contributed by atoms with Crippen LogP contribution in [0.5, 0.6) is 0 Å². The molecule has 1 saturated carbocycles. The maximum absolute atomic E-state index is 4.48. The van der Waals surface area contributed by atoms with Gasteiger partial charge in [-0.15, -0.1) is 0 Å². The van der Waals surface area contributed by atoms with E-state index in [0.717, 1.165) is 12.5 Å². The van der Waals surface area contributed by atoms with Gasteiger partial charge in [-0.05, 0) is 32.3 Å². The van der Waals surface area contributed by atoms with Gasteiger partial charge in [-0.25, -0.2) is 0 Å². The smallest absolute Gasteiger partial charge is 0.0429 e. The Labute approximate surface area is 61.9 Å². The standard InChI is InChI=1S/C9H13N/c1-7-4-5-10-9(6-7)8-2-3-8/h6,8H,2-5H2,1H3. The molecule has 0 bridgehead atoms. The van der Waals surface area contributed by atoms with Gasteiger partial charge in [0.1, 0.15) is 0 Å². The first-order valence-electron chi connectivity index (χ1n) is 4.08.